The van der Waals surface area contributed by atoms with Gasteiger partial charge in [-0.05, 0) is 26.3 Å². The zero-order valence-corrected chi connectivity index (χ0v) is 15.6. The molecule has 0 spiro atoms. The first kappa shape index (κ1) is 19.7. The second kappa shape index (κ2) is 8.62. The largest absolute Gasteiger partial charge is 0.462 e. The Morgan fingerprint density at radius 2 is 1.96 bits per heavy atom. The van der Waals surface area contributed by atoms with Crippen LogP contribution in [0.1, 0.15) is 35.5 Å². The SMILES string of the molecule is CCOC(=O)c1c(C)nc(Cl)c([N+](=O)[O-])c1N(CC)Cc1ccccc1. The van der Waals surface area contributed by atoms with Crippen molar-refractivity contribution in [2.45, 2.75) is 27.3 Å². The molecule has 0 N–H and O–H groups in total. The zero-order chi connectivity index (χ0) is 19.3. The molecule has 138 valence electrons. The Labute approximate surface area is 156 Å². The first-order chi connectivity index (χ1) is 12.4. The van der Waals surface area contributed by atoms with Crippen LogP contribution in [0.3, 0.4) is 0 Å². The lowest BCUT2D eigenvalue weighted by Crippen LogP contribution is -2.27. The van der Waals surface area contributed by atoms with E-state index in [0.717, 1.165) is 5.56 Å². The summed E-state index contributed by atoms with van der Waals surface area (Å²) in [5, 5.41) is 11.4. The summed E-state index contributed by atoms with van der Waals surface area (Å²) in [4.78, 5) is 29.3. The molecule has 1 aromatic heterocycles. The standard InChI is InChI=1S/C18H20ClN3O4/c1-4-21(11-13-9-7-6-8-10-13)15-14(18(23)26-5-2)12(3)20-17(19)16(15)22(24)25/h6-10H,4-5,11H2,1-3H3. The van der Waals surface area contributed by atoms with Gasteiger partial charge < -0.3 is 9.64 Å². The summed E-state index contributed by atoms with van der Waals surface area (Å²) in [5.74, 6) is -0.654. The number of hydrogen-bond donors (Lipinski definition) is 0. The molecular weight excluding hydrogens is 358 g/mol. The third-order valence-corrected chi connectivity index (χ3v) is 4.12. The smallest absolute Gasteiger partial charge is 0.342 e. The number of esters is 1. The molecule has 8 heteroatoms. The van der Waals surface area contributed by atoms with Gasteiger partial charge in [0.15, 0.2) is 0 Å². The Kier molecular flexibility index (Phi) is 6.52. The van der Waals surface area contributed by atoms with Crippen molar-refractivity contribution in [3.05, 3.63) is 62.4 Å². The lowest BCUT2D eigenvalue weighted by molar-refractivity contribution is -0.384. The molecule has 1 heterocycles. The van der Waals surface area contributed by atoms with E-state index in [0.29, 0.717) is 18.8 Å². The molecule has 0 aliphatic heterocycles. The maximum atomic E-state index is 12.5. The van der Waals surface area contributed by atoms with Crippen LogP contribution >= 0.6 is 11.6 Å². The monoisotopic (exact) mass is 377 g/mol. The van der Waals surface area contributed by atoms with Gasteiger partial charge in [0, 0.05) is 13.1 Å². The van der Waals surface area contributed by atoms with Crippen molar-refractivity contribution in [2.75, 3.05) is 18.1 Å². The lowest BCUT2D eigenvalue weighted by Gasteiger charge is -2.26. The number of carbonyl (C=O) groups excluding carboxylic acids is 1. The second-order valence-electron chi connectivity index (χ2n) is 5.54. The van der Waals surface area contributed by atoms with Gasteiger partial charge in [0.1, 0.15) is 11.3 Å². The van der Waals surface area contributed by atoms with E-state index in [1.54, 1.807) is 18.7 Å². The first-order valence-corrected chi connectivity index (χ1v) is 8.58. The summed E-state index contributed by atoms with van der Waals surface area (Å²) < 4.78 is 5.10. The Balaban J connectivity index is 2.68. The highest BCUT2D eigenvalue weighted by Gasteiger charge is 2.33. The highest BCUT2D eigenvalue weighted by atomic mass is 35.5. The zero-order valence-electron chi connectivity index (χ0n) is 14.9. The molecule has 1 aromatic carbocycles. The van der Waals surface area contributed by atoms with Gasteiger partial charge in [0.05, 0.1) is 17.2 Å². The molecule has 2 aromatic rings. The third kappa shape index (κ3) is 4.11. The average Bonchev–Trinajstić information content (AvgIpc) is 2.59. The minimum absolute atomic E-state index is 0.0701. The molecule has 7 nitrogen and oxygen atoms in total. The minimum atomic E-state index is -0.654. The molecule has 0 bridgehead atoms. The normalized spacial score (nSPS) is 10.5. The van der Waals surface area contributed by atoms with Crippen molar-refractivity contribution in [1.82, 2.24) is 4.98 Å². The topological polar surface area (TPSA) is 85.6 Å². The molecule has 26 heavy (non-hydrogen) atoms. The van der Waals surface area contributed by atoms with Gasteiger partial charge in [-0.3, -0.25) is 10.1 Å². The van der Waals surface area contributed by atoms with Gasteiger partial charge in [0.25, 0.3) is 0 Å². The van der Waals surface area contributed by atoms with Gasteiger partial charge in [0.2, 0.25) is 5.15 Å². The second-order valence-corrected chi connectivity index (χ2v) is 5.90. The highest BCUT2D eigenvalue weighted by molar-refractivity contribution is 6.32. The highest BCUT2D eigenvalue weighted by Crippen LogP contribution is 2.39. The van der Waals surface area contributed by atoms with Gasteiger partial charge in [-0.1, -0.05) is 41.9 Å². The lowest BCUT2D eigenvalue weighted by atomic mass is 10.1. The molecule has 0 unspecified atom stereocenters. The summed E-state index contributed by atoms with van der Waals surface area (Å²) in [6.07, 6.45) is 0. The fourth-order valence-electron chi connectivity index (χ4n) is 2.71. The number of hydrogen-bond acceptors (Lipinski definition) is 6. The van der Waals surface area contributed by atoms with Crippen LogP contribution in [-0.2, 0) is 11.3 Å². The van der Waals surface area contributed by atoms with E-state index >= 15 is 0 Å². The van der Waals surface area contributed by atoms with Gasteiger partial charge in [-0.2, -0.15) is 0 Å². The number of benzene rings is 1. The Bertz CT molecular complexity index is 812. The predicted octanol–water partition coefficient (Wildman–Crippen LogP) is 4.15. The van der Waals surface area contributed by atoms with Crippen molar-refractivity contribution in [1.29, 1.82) is 0 Å². The van der Waals surface area contributed by atoms with Gasteiger partial charge in [-0.15, -0.1) is 0 Å². The van der Waals surface area contributed by atoms with E-state index in [1.807, 2.05) is 37.3 Å². The number of nitro groups is 1. The number of anilines is 1. The summed E-state index contributed by atoms with van der Waals surface area (Å²) in [5.41, 5.74) is 1.06. The number of ether oxygens (including phenoxy) is 1. The quantitative estimate of drug-likeness (QED) is 0.312. The maximum absolute atomic E-state index is 12.5. The van der Waals surface area contributed by atoms with E-state index in [-0.39, 0.29) is 23.0 Å². The summed E-state index contributed by atoms with van der Waals surface area (Å²) in [7, 11) is 0. The summed E-state index contributed by atoms with van der Waals surface area (Å²) >= 11 is 6.06. The Morgan fingerprint density at radius 1 is 1.31 bits per heavy atom. The molecule has 0 saturated heterocycles. The molecule has 0 atom stereocenters. The van der Waals surface area contributed by atoms with Crippen molar-refractivity contribution in [3.8, 4) is 0 Å². The van der Waals surface area contributed by atoms with Crippen LogP contribution in [0.15, 0.2) is 30.3 Å². The maximum Gasteiger partial charge on any atom is 0.342 e. The van der Waals surface area contributed by atoms with Crippen LogP contribution in [0, 0.1) is 17.0 Å². The number of pyridine rings is 1. The minimum Gasteiger partial charge on any atom is -0.462 e. The van der Waals surface area contributed by atoms with Crippen LogP contribution in [0.2, 0.25) is 5.15 Å². The molecule has 0 saturated carbocycles. The summed E-state index contributed by atoms with van der Waals surface area (Å²) in [6, 6.07) is 9.48. The van der Waals surface area contributed by atoms with Crippen LogP contribution in [0.4, 0.5) is 11.4 Å². The molecule has 0 aliphatic carbocycles. The Hall–Kier alpha value is -2.67. The van der Waals surface area contributed by atoms with E-state index in [4.69, 9.17) is 16.3 Å². The van der Waals surface area contributed by atoms with E-state index in [2.05, 4.69) is 4.98 Å². The van der Waals surface area contributed by atoms with Gasteiger partial charge in [-0.25, -0.2) is 9.78 Å². The van der Waals surface area contributed by atoms with Crippen molar-refractivity contribution in [3.63, 3.8) is 0 Å². The number of nitrogens with zero attached hydrogens (tertiary/aromatic N) is 3. The third-order valence-electron chi connectivity index (χ3n) is 3.86. The molecule has 0 aliphatic rings. The number of aryl methyl sites for hydroxylation is 1. The van der Waals surface area contributed by atoms with E-state index < -0.39 is 16.6 Å². The summed E-state index contributed by atoms with van der Waals surface area (Å²) in [6.45, 7) is 6.07. The van der Waals surface area contributed by atoms with Crippen LogP contribution in [-0.4, -0.2) is 29.0 Å². The van der Waals surface area contributed by atoms with E-state index in [9.17, 15) is 14.9 Å². The molecular formula is C18H20ClN3O4. The average molecular weight is 378 g/mol. The van der Waals surface area contributed by atoms with Crippen molar-refractivity contribution >= 4 is 28.9 Å². The predicted molar refractivity (Wildman–Crippen MR) is 99.8 cm³/mol. The van der Waals surface area contributed by atoms with Crippen molar-refractivity contribution in [2.24, 2.45) is 0 Å². The molecule has 0 amide bonds. The molecule has 0 fully saturated rings. The number of aromatic nitrogens is 1. The van der Waals surface area contributed by atoms with E-state index in [1.165, 1.54) is 0 Å². The van der Waals surface area contributed by atoms with Crippen molar-refractivity contribution < 1.29 is 14.5 Å². The van der Waals surface area contributed by atoms with Gasteiger partial charge >= 0.3 is 11.7 Å². The van der Waals surface area contributed by atoms with Crippen LogP contribution < -0.4 is 4.90 Å². The van der Waals surface area contributed by atoms with Crippen LogP contribution in [0.5, 0.6) is 0 Å². The molecule has 2 rings (SSSR count). The fourth-order valence-corrected chi connectivity index (χ4v) is 3.00. The fraction of sp³-hybridized carbons (Fsp3) is 0.333. The molecule has 0 radical (unpaired) electrons. The number of halogens is 1. The Morgan fingerprint density at radius 3 is 2.50 bits per heavy atom. The first-order valence-electron chi connectivity index (χ1n) is 8.21. The van der Waals surface area contributed by atoms with Crippen LogP contribution in [0.25, 0.3) is 0 Å². The number of carbonyl (C=O) groups is 1. The number of rotatable bonds is 7.